The maximum atomic E-state index is 8.89. The molecule has 17 heavy (non-hydrogen) atoms. The Morgan fingerprint density at radius 3 is 2.18 bits per heavy atom. The summed E-state index contributed by atoms with van der Waals surface area (Å²) >= 11 is 2.34. The molecule has 0 aliphatic carbocycles. The molecule has 1 aliphatic heterocycles. The Labute approximate surface area is 117 Å². The molecule has 1 aromatic carbocycles. The van der Waals surface area contributed by atoms with Crippen molar-refractivity contribution in [3.05, 3.63) is 33.4 Å². The summed E-state index contributed by atoms with van der Waals surface area (Å²) in [6.07, 6.45) is 0. The Morgan fingerprint density at radius 2 is 1.59 bits per heavy atom. The molecule has 0 saturated carbocycles. The van der Waals surface area contributed by atoms with Crippen molar-refractivity contribution in [1.29, 1.82) is 0 Å². The summed E-state index contributed by atoms with van der Waals surface area (Å²) in [5, 5.41) is 8.89. The quantitative estimate of drug-likeness (QED) is 0.835. The fourth-order valence-corrected chi connectivity index (χ4v) is 2.52. The SMILES string of the molecule is OCCN1CCN(Cc2ccc(I)cc2)CC1. The second-order valence-corrected chi connectivity index (χ2v) is 5.71. The molecule has 1 N–H and O–H groups in total. The predicted octanol–water partition coefficient (Wildman–Crippen LogP) is 1.40. The number of aliphatic hydroxyl groups is 1. The van der Waals surface area contributed by atoms with Crippen molar-refractivity contribution in [3.8, 4) is 0 Å². The van der Waals surface area contributed by atoms with Gasteiger partial charge in [0.2, 0.25) is 0 Å². The van der Waals surface area contributed by atoms with E-state index in [1.54, 1.807) is 0 Å². The highest BCUT2D eigenvalue weighted by atomic mass is 127. The molecule has 1 fully saturated rings. The van der Waals surface area contributed by atoms with Crippen LogP contribution in [0.25, 0.3) is 0 Å². The molecule has 0 spiro atoms. The van der Waals surface area contributed by atoms with Gasteiger partial charge in [-0.2, -0.15) is 0 Å². The summed E-state index contributed by atoms with van der Waals surface area (Å²) in [6, 6.07) is 8.75. The molecule has 1 heterocycles. The van der Waals surface area contributed by atoms with E-state index in [9.17, 15) is 0 Å². The van der Waals surface area contributed by atoms with Gasteiger partial charge < -0.3 is 5.11 Å². The van der Waals surface area contributed by atoms with Gasteiger partial charge in [-0.1, -0.05) is 12.1 Å². The van der Waals surface area contributed by atoms with Gasteiger partial charge in [0.25, 0.3) is 0 Å². The van der Waals surface area contributed by atoms with Crippen molar-refractivity contribution < 1.29 is 5.11 Å². The van der Waals surface area contributed by atoms with E-state index in [-0.39, 0.29) is 6.61 Å². The molecular formula is C13H19IN2O. The molecule has 94 valence electrons. The summed E-state index contributed by atoms with van der Waals surface area (Å²) in [5.74, 6) is 0. The van der Waals surface area contributed by atoms with Crippen molar-refractivity contribution in [1.82, 2.24) is 9.80 Å². The van der Waals surface area contributed by atoms with Crippen LogP contribution in [-0.4, -0.2) is 54.2 Å². The highest BCUT2D eigenvalue weighted by molar-refractivity contribution is 14.1. The molecule has 2 rings (SSSR count). The number of nitrogens with zero attached hydrogens (tertiary/aromatic N) is 2. The van der Waals surface area contributed by atoms with Crippen LogP contribution in [0.4, 0.5) is 0 Å². The number of benzene rings is 1. The molecule has 0 unspecified atom stereocenters. The maximum absolute atomic E-state index is 8.89. The van der Waals surface area contributed by atoms with Gasteiger partial charge in [0.1, 0.15) is 0 Å². The summed E-state index contributed by atoms with van der Waals surface area (Å²) in [6.45, 7) is 6.49. The number of halogens is 1. The van der Waals surface area contributed by atoms with Crippen LogP contribution in [0.3, 0.4) is 0 Å². The van der Waals surface area contributed by atoms with Gasteiger partial charge >= 0.3 is 0 Å². The van der Waals surface area contributed by atoms with E-state index < -0.39 is 0 Å². The van der Waals surface area contributed by atoms with E-state index in [1.807, 2.05) is 0 Å². The Kier molecular flexibility index (Phi) is 5.21. The highest BCUT2D eigenvalue weighted by Crippen LogP contribution is 2.11. The van der Waals surface area contributed by atoms with Crippen LogP contribution < -0.4 is 0 Å². The van der Waals surface area contributed by atoms with Crippen molar-refractivity contribution >= 4 is 22.6 Å². The summed E-state index contributed by atoms with van der Waals surface area (Å²) < 4.78 is 1.29. The first-order valence-electron chi connectivity index (χ1n) is 6.08. The Hall–Kier alpha value is -0.170. The molecule has 1 aromatic rings. The van der Waals surface area contributed by atoms with Gasteiger partial charge in [-0.25, -0.2) is 0 Å². The Balaban J connectivity index is 1.79. The van der Waals surface area contributed by atoms with E-state index in [0.717, 1.165) is 39.3 Å². The standard InChI is InChI=1S/C13H19IN2O/c14-13-3-1-12(2-4-13)11-16-7-5-15(6-8-16)9-10-17/h1-4,17H,5-11H2. The minimum absolute atomic E-state index is 0.275. The zero-order valence-corrected chi connectivity index (χ0v) is 12.1. The van der Waals surface area contributed by atoms with Crippen LogP contribution >= 0.6 is 22.6 Å². The van der Waals surface area contributed by atoms with Crippen molar-refractivity contribution in [2.24, 2.45) is 0 Å². The van der Waals surface area contributed by atoms with Crippen LogP contribution in [-0.2, 0) is 6.54 Å². The summed E-state index contributed by atoms with van der Waals surface area (Å²) in [5.41, 5.74) is 1.39. The predicted molar refractivity (Wildman–Crippen MR) is 78.0 cm³/mol. The third kappa shape index (κ3) is 4.21. The first-order chi connectivity index (χ1) is 8.28. The Morgan fingerprint density at radius 1 is 1.00 bits per heavy atom. The van der Waals surface area contributed by atoms with Crippen molar-refractivity contribution in [2.45, 2.75) is 6.54 Å². The maximum Gasteiger partial charge on any atom is 0.0558 e. The topological polar surface area (TPSA) is 26.7 Å². The molecule has 1 saturated heterocycles. The van der Waals surface area contributed by atoms with Crippen molar-refractivity contribution in [3.63, 3.8) is 0 Å². The third-order valence-electron chi connectivity index (χ3n) is 3.20. The smallest absolute Gasteiger partial charge is 0.0558 e. The molecule has 1 aliphatic rings. The van der Waals surface area contributed by atoms with Gasteiger partial charge in [0.15, 0.2) is 0 Å². The lowest BCUT2D eigenvalue weighted by molar-refractivity contribution is 0.108. The van der Waals surface area contributed by atoms with Gasteiger partial charge in [0.05, 0.1) is 6.61 Å². The first kappa shape index (κ1) is 13.3. The second kappa shape index (κ2) is 6.68. The van der Waals surface area contributed by atoms with Crippen molar-refractivity contribution in [2.75, 3.05) is 39.3 Å². The molecule has 4 heteroatoms. The molecule has 3 nitrogen and oxygen atoms in total. The van der Waals surface area contributed by atoms with Crippen LogP contribution in [0, 0.1) is 3.57 Å². The Bertz CT molecular complexity index is 334. The van der Waals surface area contributed by atoms with E-state index in [1.165, 1.54) is 9.13 Å². The fraction of sp³-hybridized carbons (Fsp3) is 0.538. The summed E-state index contributed by atoms with van der Waals surface area (Å²) in [4.78, 5) is 4.81. The molecule has 0 bridgehead atoms. The average molecular weight is 346 g/mol. The zero-order chi connectivity index (χ0) is 12.1. The number of hydrogen-bond donors (Lipinski definition) is 1. The third-order valence-corrected chi connectivity index (χ3v) is 3.92. The number of rotatable bonds is 4. The van der Waals surface area contributed by atoms with E-state index in [4.69, 9.17) is 5.11 Å². The van der Waals surface area contributed by atoms with Crippen LogP contribution in [0.15, 0.2) is 24.3 Å². The lowest BCUT2D eigenvalue weighted by atomic mass is 10.2. The van der Waals surface area contributed by atoms with Gasteiger partial charge in [-0.3, -0.25) is 9.80 Å². The van der Waals surface area contributed by atoms with Gasteiger partial charge in [0, 0.05) is 42.8 Å². The van der Waals surface area contributed by atoms with Crippen LogP contribution in [0.5, 0.6) is 0 Å². The first-order valence-corrected chi connectivity index (χ1v) is 7.16. The van der Waals surface area contributed by atoms with Gasteiger partial charge in [-0.15, -0.1) is 0 Å². The van der Waals surface area contributed by atoms with E-state index in [2.05, 4.69) is 56.7 Å². The second-order valence-electron chi connectivity index (χ2n) is 4.47. The van der Waals surface area contributed by atoms with Crippen LogP contribution in [0.1, 0.15) is 5.56 Å². The normalized spacial score (nSPS) is 18.5. The summed E-state index contributed by atoms with van der Waals surface area (Å²) in [7, 11) is 0. The minimum Gasteiger partial charge on any atom is -0.395 e. The largest absolute Gasteiger partial charge is 0.395 e. The number of hydrogen-bond acceptors (Lipinski definition) is 3. The van der Waals surface area contributed by atoms with Crippen LogP contribution in [0.2, 0.25) is 0 Å². The molecule has 0 radical (unpaired) electrons. The molecule has 0 aromatic heterocycles. The van der Waals surface area contributed by atoms with Gasteiger partial charge in [-0.05, 0) is 40.3 Å². The zero-order valence-electron chi connectivity index (χ0n) is 9.98. The average Bonchev–Trinajstić information content (AvgIpc) is 2.35. The lowest BCUT2D eigenvalue weighted by Crippen LogP contribution is -2.46. The monoisotopic (exact) mass is 346 g/mol. The molecular weight excluding hydrogens is 327 g/mol. The number of piperazine rings is 1. The number of β-amino-alcohol motifs (C(OH)–C–C–N with tert-alkyl or cyclic N) is 1. The fourth-order valence-electron chi connectivity index (χ4n) is 2.16. The van der Waals surface area contributed by atoms with E-state index >= 15 is 0 Å². The lowest BCUT2D eigenvalue weighted by Gasteiger charge is -2.34. The minimum atomic E-state index is 0.275. The number of aliphatic hydroxyl groups excluding tert-OH is 1. The molecule has 0 atom stereocenters. The highest BCUT2D eigenvalue weighted by Gasteiger charge is 2.15. The van der Waals surface area contributed by atoms with E-state index in [0.29, 0.717) is 0 Å². The molecule has 0 amide bonds.